The summed E-state index contributed by atoms with van der Waals surface area (Å²) in [6.07, 6.45) is 4.43. The first-order valence-corrected chi connectivity index (χ1v) is 8.96. The van der Waals surface area contributed by atoms with E-state index < -0.39 is 0 Å². The monoisotopic (exact) mass is 376 g/mol. The predicted octanol–water partition coefficient (Wildman–Crippen LogP) is 4.92. The predicted molar refractivity (Wildman–Crippen MR) is 101 cm³/mol. The Balaban J connectivity index is 1.62. The fourth-order valence-corrected chi connectivity index (χ4v) is 3.18. The molecule has 0 radical (unpaired) electrons. The van der Waals surface area contributed by atoms with Gasteiger partial charge < -0.3 is 10.6 Å². The molecule has 3 rings (SSSR count). The molecule has 0 atom stereocenters. The number of nitrogens with one attached hydrogen (secondary N) is 2. The number of anilines is 1. The first kappa shape index (κ1) is 17.8. The first-order chi connectivity index (χ1) is 12.0. The molecular weight excluding hydrogens is 359 g/mol. The Bertz CT molecular complexity index is 785. The molecule has 4 nitrogen and oxygen atoms in total. The quantitative estimate of drug-likeness (QED) is 0.795. The van der Waals surface area contributed by atoms with Gasteiger partial charge in [0, 0.05) is 22.9 Å². The van der Waals surface area contributed by atoms with Crippen LogP contribution in [0.3, 0.4) is 0 Å². The summed E-state index contributed by atoms with van der Waals surface area (Å²) in [5, 5.41) is 6.54. The molecule has 1 saturated carbocycles. The Morgan fingerprint density at radius 2 is 1.48 bits per heavy atom. The van der Waals surface area contributed by atoms with Crippen LogP contribution in [-0.2, 0) is 0 Å². The molecule has 0 aromatic heterocycles. The van der Waals surface area contributed by atoms with Crippen molar-refractivity contribution in [3.8, 4) is 0 Å². The number of halogens is 2. The molecule has 2 aromatic rings. The summed E-state index contributed by atoms with van der Waals surface area (Å²) in [5.74, 6) is -0.365. The molecule has 0 heterocycles. The van der Waals surface area contributed by atoms with Crippen LogP contribution in [0.4, 0.5) is 5.69 Å². The maximum atomic E-state index is 12.2. The van der Waals surface area contributed by atoms with Crippen molar-refractivity contribution in [2.75, 3.05) is 5.32 Å². The molecule has 1 fully saturated rings. The highest BCUT2D eigenvalue weighted by Gasteiger charge is 2.18. The Labute approximate surface area is 156 Å². The number of carbonyl (C=O) groups excluding carboxylic acids is 2. The molecule has 0 unspecified atom stereocenters. The van der Waals surface area contributed by atoms with Gasteiger partial charge in [-0.1, -0.05) is 36.0 Å². The lowest BCUT2D eigenvalue weighted by atomic mass is 10.1. The molecule has 0 saturated heterocycles. The van der Waals surface area contributed by atoms with Gasteiger partial charge in [0.15, 0.2) is 0 Å². The Morgan fingerprint density at radius 1 is 0.840 bits per heavy atom. The van der Waals surface area contributed by atoms with Crippen LogP contribution in [0.25, 0.3) is 0 Å². The lowest BCUT2D eigenvalue weighted by Gasteiger charge is -2.12. The van der Waals surface area contributed by atoms with E-state index in [1.165, 1.54) is 18.9 Å². The Hall–Kier alpha value is -2.04. The van der Waals surface area contributed by atoms with Crippen molar-refractivity contribution < 1.29 is 9.59 Å². The zero-order valence-corrected chi connectivity index (χ0v) is 15.0. The van der Waals surface area contributed by atoms with Crippen molar-refractivity contribution >= 4 is 40.7 Å². The third-order valence-electron chi connectivity index (χ3n) is 4.28. The molecule has 130 valence electrons. The van der Waals surface area contributed by atoms with Crippen LogP contribution in [0.1, 0.15) is 46.4 Å². The summed E-state index contributed by atoms with van der Waals surface area (Å²) < 4.78 is 0. The summed E-state index contributed by atoms with van der Waals surface area (Å²) in [6.45, 7) is 0. The first-order valence-electron chi connectivity index (χ1n) is 8.20. The zero-order valence-electron chi connectivity index (χ0n) is 13.5. The topological polar surface area (TPSA) is 58.2 Å². The minimum atomic E-state index is -0.290. The van der Waals surface area contributed by atoms with E-state index in [0.29, 0.717) is 26.9 Å². The van der Waals surface area contributed by atoms with E-state index in [1.54, 1.807) is 36.4 Å². The average Bonchev–Trinajstić information content (AvgIpc) is 3.11. The largest absolute Gasteiger partial charge is 0.349 e. The van der Waals surface area contributed by atoms with Crippen LogP contribution < -0.4 is 10.6 Å². The summed E-state index contributed by atoms with van der Waals surface area (Å²) in [7, 11) is 0. The fraction of sp³-hybridized carbons (Fsp3) is 0.263. The van der Waals surface area contributed by atoms with Gasteiger partial charge in [-0.25, -0.2) is 0 Å². The van der Waals surface area contributed by atoms with E-state index in [-0.39, 0.29) is 17.9 Å². The molecule has 2 amide bonds. The van der Waals surface area contributed by atoms with Gasteiger partial charge in [-0.2, -0.15) is 0 Å². The van der Waals surface area contributed by atoms with E-state index in [2.05, 4.69) is 10.6 Å². The lowest BCUT2D eigenvalue weighted by Crippen LogP contribution is -2.32. The van der Waals surface area contributed by atoms with E-state index in [1.807, 2.05) is 0 Å². The number of carbonyl (C=O) groups is 2. The molecule has 6 heteroatoms. The number of rotatable bonds is 4. The van der Waals surface area contributed by atoms with Gasteiger partial charge in [-0.3, -0.25) is 9.59 Å². The molecular formula is C19H18Cl2N2O2. The van der Waals surface area contributed by atoms with Crippen LogP contribution >= 0.6 is 23.2 Å². The smallest absolute Gasteiger partial charge is 0.255 e. The third-order valence-corrected chi connectivity index (χ3v) is 5.02. The summed E-state index contributed by atoms with van der Waals surface area (Å²) >= 11 is 11.8. The number of benzene rings is 2. The molecule has 0 aliphatic heterocycles. The van der Waals surface area contributed by atoms with Gasteiger partial charge in [0.25, 0.3) is 11.8 Å². The standard InChI is InChI=1S/C19H18Cl2N2O2/c20-16-10-7-13(11-17(16)21)19(25)23-15-8-5-12(6-9-15)18(24)22-14-3-1-2-4-14/h5-11,14H,1-4H2,(H,22,24)(H,23,25). The highest BCUT2D eigenvalue weighted by Crippen LogP contribution is 2.23. The highest BCUT2D eigenvalue weighted by atomic mass is 35.5. The number of hydrogen-bond donors (Lipinski definition) is 2. The molecule has 2 aromatic carbocycles. The maximum Gasteiger partial charge on any atom is 0.255 e. The van der Waals surface area contributed by atoms with Crippen molar-refractivity contribution in [3.63, 3.8) is 0 Å². The van der Waals surface area contributed by atoms with Gasteiger partial charge in [0.1, 0.15) is 0 Å². The van der Waals surface area contributed by atoms with E-state index in [4.69, 9.17) is 23.2 Å². The van der Waals surface area contributed by atoms with Crippen molar-refractivity contribution in [1.82, 2.24) is 5.32 Å². The van der Waals surface area contributed by atoms with Crippen LogP contribution in [0.5, 0.6) is 0 Å². The normalized spacial score (nSPS) is 14.3. The molecule has 25 heavy (non-hydrogen) atoms. The SMILES string of the molecule is O=C(Nc1ccc(C(=O)NC2CCCC2)cc1)c1ccc(Cl)c(Cl)c1. The highest BCUT2D eigenvalue weighted by molar-refractivity contribution is 6.42. The maximum absolute atomic E-state index is 12.2. The van der Waals surface area contributed by atoms with E-state index in [0.717, 1.165) is 12.8 Å². The molecule has 1 aliphatic rings. The second kappa shape index (κ2) is 7.89. The van der Waals surface area contributed by atoms with Crippen molar-refractivity contribution in [2.45, 2.75) is 31.7 Å². The van der Waals surface area contributed by atoms with E-state index in [9.17, 15) is 9.59 Å². The second-order valence-electron chi connectivity index (χ2n) is 6.12. The zero-order chi connectivity index (χ0) is 17.8. The molecule has 1 aliphatic carbocycles. The van der Waals surface area contributed by atoms with Crippen molar-refractivity contribution in [2.24, 2.45) is 0 Å². The molecule has 2 N–H and O–H groups in total. The van der Waals surface area contributed by atoms with Crippen LogP contribution in [0.15, 0.2) is 42.5 Å². The third kappa shape index (κ3) is 4.53. The molecule has 0 spiro atoms. The van der Waals surface area contributed by atoms with Gasteiger partial charge in [0.2, 0.25) is 0 Å². The summed E-state index contributed by atoms with van der Waals surface area (Å²) in [4.78, 5) is 24.4. The average molecular weight is 377 g/mol. The minimum absolute atomic E-state index is 0.0748. The fourth-order valence-electron chi connectivity index (χ4n) is 2.88. The number of amides is 2. The Morgan fingerprint density at radius 3 is 2.12 bits per heavy atom. The van der Waals surface area contributed by atoms with Gasteiger partial charge >= 0.3 is 0 Å². The van der Waals surface area contributed by atoms with Crippen molar-refractivity contribution in [1.29, 1.82) is 0 Å². The Kier molecular flexibility index (Phi) is 5.61. The minimum Gasteiger partial charge on any atom is -0.349 e. The van der Waals surface area contributed by atoms with Crippen LogP contribution in [-0.4, -0.2) is 17.9 Å². The number of hydrogen-bond acceptors (Lipinski definition) is 2. The lowest BCUT2D eigenvalue weighted by molar-refractivity contribution is 0.0937. The van der Waals surface area contributed by atoms with Crippen LogP contribution in [0, 0.1) is 0 Å². The summed E-state index contributed by atoms with van der Waals surface area (Å²) in [5.41, 5.74) is 1.60. The second-order valence-corrected chi connectivity index (χ2v) is 6.93. The summed E-state index contributed by atoms with van der Waals surface area (Å²) in [6, 6.07) is 11.8. The van der Waals surface area contributed by atoms with Gasteiger partial charge in [-0.15, -0.1) is 0 Å². The van der Waals surface area contributed by atoms with Crippen molar-refractivity contribution in [3.05, 3.63) is 63.6 Å². The van der Waals surface area contributed by atoms with Gasteiger partial charge in [0.05, 0.1) is 10.0 Å². The molecule has 0 bridgehead atoms. The van der Waals surface area contributed by atoms with E-state index >= 15 is 0 Å². The van der Waals surface area contributed by atoms with Crippen LogP contribution in [0.2, 0.25) is 10.0 Å². The van der Waals surface area contributed by atoms with Gasteiger partial charge in [-0.05, 0) is 55.3 Å².